The standard InChI is InChI=1S/C17H19N3O4/c1-18-16-8-7-14(20(22)23)9-15(16)17(21)19-10-12-3-5-13(6-4-12)11-24-2/h3-9,18H,10-11H2,1-2H3,(H,19,21). The van der Waals surface area contributed by atoms with Crippen LogP contribution in [0.3, 0.4) is 0 Å². The summed E-state index contributed by atoms with van der Waals surface area (Å²) in [7, 11) is 3.29. The largest absolute Gasteiger partial charge is 0.387 e. The van der Waals surface area contributed by atoms with Gasteiger partial charge in [0.25, 0.3) is 11.6 Å². The maximum absolute atomic E-state index is 12.3. The van der Waals surface area contributed by atoms with E-state index in [1.807, 2.05) is 24.3 Å². The number of nitro groups is 1. The Morgan fingerprint density at radius 1 is 1.17 bits per heavy atom. The third-order valence-corrected chi connectivity index (χ3v) is 3.51. The summed E-state index contributed by atoms with van der Waals surface area (Å²) in [6.07, 6.45) is 0. The number of amides is 1. The smallest absolute Gasteiger partial charge is 0.270 e. The number of non-ortho nitro benzene ring substituents is 1. The topological polar surface area (TPSA) is 93.5 Å². The molecule has 0 aromatic heterocycles. The Morgan fingerprint density at radius 3 is 2.42 bits per heavy atom. The number of hydrogen-bond acceptors (Lipinski definition) is 5. The number of methoxy groups -OCH3 is 1. The maximum atomic E-state index is 12.3. The normalized spacial score (nSPS) is 10.2. The molecular weight excluding hydrogens is 310 g/mol. The van der Waals surface area contributed by atoms with Gasteiger partial charge >= 0.3 is 0 Å². The molecule has 7 nitrogen and oxygen atoms in total. The Morgan fingerprint density at radius 2 is 1.83 bits per heavy atom. The van der Waals surface area contributed by atoms with Gasteiger partial charge in [0.2, 0.25) is 0 Å². The Hall–Kier alpha value is -2.93. The fraction of sp³-hybridized carbons (Fsp3) is 0.235. The molecule has 0 fully saturated rings. The number of nitrogens with one attached hydrogen (secondary N) is 2. The zero-order chi connectivity index (χ0) is 17.5. The van der Waals surface area contributed by atoms with E-state index in [4.69, 9.17) is 4.74 Å². The van der Waals surface area contributed by atoms with Crippen LogP contribution in [0.2, 0.25) is 0 Å². The molecule has 7 heteroatoms. The molecule has 0 saturated carbocycles. The van der Waals surface area contributed by atoms with Crippen LogP contribution in [0, 0.1) is 10.1 Å². The number of anilines is 1. The van der Waals surface area contributed by atoms with E-state index in [1.165, 1.54) is 18.2 Å². The highest BCUT2D eigenvalue weighted by atomic mass is 16.6. The quantitative estimate of drug-likeness (QED) is 0.602. The first-order valence-electron chi connectivity index (χ1n) is 7.36. The lowest BCUT2D eigenvalue weighted by molar-refractivity contribution is -0.384. The van der Waals surface area contributed by atoms with Crippen molar-refractivity contribution in [3.8, 4) is 0 Å². The van der Waals surface area contributed by atoms with E-state index in [2.05, 4.69) is 10.6 Å². The van der Waals surface area contributed by atoms with Crippen molar-refractivity contribution >= 4 is 17.3 Å². The Balaban J connectivity index is 2.09. The van der Waals surface area contributed by atoms with Crippen molar-refractivity contribution in [1.82, 2.24) is 5.32 Å². The number of benzene rings is 2. The minimum atomic E-state index is -0.523. The molecule has 2 aromatic rings. The minimum absolute atomic E-state index is 0.122. The molecule has 0 aliphatic carbocycles. The van der Waals surface area contributed by atoms with Crippen LogP contribution in [0.4, 0.5) is 11.4 Å². The summed E-state index contributed by atoms with van der Waals surface area (Å²) in [6.45, 7) is 0.865. The minimum Gasteiger partial charge on any atom is -0.387 e. The third kappa shape index (κ3) is 4.30. The van der Waals surface area contributed by atoms with Gasteiger partial charge in [-0.15, -0.1) is 0 Å². The monoisotopic (exact) mass is 329 g/mol. The lowest BCUT2D eigenvalue weighted by Crippen LogP contribution is -2.23. The number of carbonyl (C=O) groups excluding carboxylic acids is 1. The molecule has 0 aliphatic heterocycles. The Bertz CT molecular complexity index is 729. The fourth-order valence-electron chi connectivity index (χ4n) is 2.25. The van der Waals surface area contributed by atoms with Gasteiger partial charge in [-0.1, -0.05) is 24.3 Å². The molecule has 2 N–H and O–H groups in total. The van der Waals surface area contributed by atoms with Crippen molar-refractivity contribution in [1.29, 1.82) is 0 Å². The SMILES string of the molecule is CNc1ccc([N+](=O)[O-])cc1C(=O)NCc1ccc(COC)cc1. The first-order chi connectivity index (χ1) is 11.5. The average Bonchev–Trinajstić information content (AvgIpc) is 2.60. The second-order valence-corrected chi connectivity index (χ2v) is 5.17. The van der Waals surface area contributed by atoms with Crippen molar-refractivity contribution in [2.45, 2.75) is 13.2 Å². The molecule has 0 heterocycles. The van der Waals surface area contributed by atoms with Crippen molar-refractivity contribution in [3.05, 3.63) is 69.3 Å². The van der Waals surface area contributed by atoms with Gasteiger partial charge in [-0.2, -0.15) is 0 Å². The van der Waals surface area contributed by atoms with Crippen molar-refractivity contribution in [2.75, 3.05) is 19.5 Å². The first kappa shape index (κ1) is 17.4. The second kappa shape index (κ2) is 8.07. The highest BCUT2D eigenvalue weighted by Gasteiger charge is 2.16. The fourth-order valence-corrected chi connectivity index (χ4v) is 2.25. The molecule has 2 rings (SSSR count). The number of ether oxygens (including phenoxy) is 1. The number of carbonyl (C=O) groups is 1. The molecule has 0 radical (unpaired) electrons. The highest BCUT2D eigenvalue weighted by Crippen LogP contribution is 2.21. The maximum Gasteiger partial charge on any atom is 0.270 e. The van der Waals surface area contributed by atoms with Gasteiger partial charge in [0.05, 0.1) is 17.1 Å². The van der Waals surface area contributed by atoms with Gasteiger partial charge in [-0.3, -0.25) is 14.9 Å². The van der Waals surface area contributed by atoms with Crippen molar-refractivity contribution in [2.24, 2.45) is 0 Å². The van der Waals surface area contributed by atoms with E-state index in [9.17, 15) is 14.9 Å². The van der Waals surface area contributed by atoms with Crippen LogP contribution in [-0.2, 0) is 17.9 Å². The molecule has 24 heavy (non-hydrogen) atoms. The molecular formula is C17H19N3O4. The van der Waals surface area contributed by atoms with Gasteiger partial charge in [0.15, 0.2) is 0 Å². The predicted molar refractivity (Wildman–Crippen MR) is 91.0 cm³/mol. The number of rotatable bonds is 7. The Labute approximate surface area is 139 Å². The summed E-state index contributed by atoms with van der Waals surface area (Å²) >= 11 is 0. The van der Waals surface area contributed by atoms with E-state index in [1.54, 1.807) is 14.2 Å². The molecule has 2 aromatic carbocycles. The lowest BCUT2D eigenvalue weighted by atomic mass is 10.1. The van der Waals surface area contributed by atoms with Gasteiger partial charge < -0.3 is 15.4 Å². The summed E-state index contributed by atoms with van der Waals surface area (Å²) in [5.41, 5.74) is 2.63. The predicted octanol–water partition coefficient (Wildman–Crippen LogP) is 2.71. The summed E-state index contributed by atoms with van der Waals surface area (Å²) in [6, 6.07) is 11.8. The second-order valence-electron chi connectivity index (χ2n) is 5.17. The van der Waals surface area contributed by atoms with Gasteiger partial charge in [-0.25, -0.2) is 0 Å². The zero-order valence-corrected chi connectivity index (χ0v) is 13.5. The molecule has 126 valence electrons. The molecule has 0 bridgehead atoms. The molecule has 1 amide bonds. The summed E-state index contributed by atoms with van der Waals surface area (Å²) in [4.78, 5) is 22.7. The number of hydrogen-bond donors (Lipinski definition) is 2. The summed E-state index contributed by atoms with van der Waals surface area (Å²) in [5.74, 6) is -0.371. The summed E-state index contributed by atoms with van der Waals surface area (Å²) in [5, 5.41) is 16.5. The molecule has 0 aliphatic rings. The van der Waals surface area contributed by atoms with Crippen LogP contribution in [0.5, 0.6) is 0 Å². The number of nitrogens with zero attached hydrogens (tertiary/aromatic N) is 1. The average molecular weight is 329 g/mol. The van der Waals surface area contributed by atoms with Gasteiger partial charge in [0.1, 0.15) is 0 Å². The lowest BCUT2D eigenvalue weighted by Gasteiger charge is -2.10. The third-order valence-electron chi connectivity index (χ3n) is 3.51. The van der Waals surface area contributed by atoms with Crippen molar-refractivity contribution in [3.63, 3.8) is 0 Å². The van der Waals surface area contributed by atoms with Crippen LogP contribution in [0.25, 0.3) is 0 Å². The molecule has 0 atom stereocenters. The van der Waals surface area contributed by atoms with E-state index in [-0.39, 0.29) is 17.2 Å². The Kier molecular flexibility index (Phi) is 5.86. The van der Waals surface area contributed by atoms with E-state index in [0.717, 1.165) is 11.1 Å². The van der Waals surface area contributed by atoms with Crippen LogP contribution in [0.15, 0.2) is 42.5 Å². The zero-order valence-electron chi connectivity index (χ0n) is 13.5. The van der Waals surface area contributed by atoms with Crippen LogP contribution in [0.1, 0.15) is 21.5 Å². The van der Waals surface area contributed by atoms with Crippen molar-refractivity contribution < 1.29 is 14.5 Å². The summed E-state index contributed by atoms with van der Waals surface area (Å²) < 4.78 is 5.05. The van der Waals surface area contributed by atoms with Gasteiger partial charge in [0, 0.05) is 38.5 Å². The molecule has 0 saturated heterocycles. The molecule has 0 spiro atoms. The van der Waals surface area contributed by atoms with Crippen LogP contribution < -0.4 is 10.6 Å². The van der Waals surface area contributed by atoms with Gasteiger partial charge in [-0.05, 0) is 17.2 Å². The van der Waals surface area contributed by atoms with E-state index in [0.29, 0.717) is 18.8 Å². The number of nitro benzene ring substituents is 1. The van der Waals surface area contributed by atoms with Crippen LogP contribution in [-0.4, -0.2) is 25.0 Å². The van der Waals surface area contributed by atoms with E-state index >= 15 is 0 Å². The highest BCUT2D eigenvalue weighted by molar-refractivity contribution is 6.00. The van der Waals surface area contributed by atoms with E-state index < -0.39 is 4.92 Å². The molecule has 0 unspecified atom stereocenters. The first-order valence-corrected chi connectivity index (χ1v) is 7.36. The van der Waals surface area contributed by atoms with Crippen LogP contribution >= 0.6 is 0 Å².